The number of hydrogen-bond donors (Lipinski definition) is 2. The van der Waals surface area contributed by atoms with Crippen molar-refractivity contribution in [3.8, 4) is 0 Å². The van der Waals surface area contributed by atoms with Crippen molar-refractivity contribution < 1.29 is 25.2 Å². The summed E-state index contributed by atoms with van der Waals surface area (Å²) in [6.45, 7) is 2.96. The van der Waals surface area contributed by atoms with Gasteiger partial charge in [0.25, 0.3) is 0 Å². The van der Waals surface area contributed by atoms with E-state index in [1.165, 1.54) is 0 Å². The quantitative estimate of drug-likeness (QED) is 0.397. The number of ether oxygens (including phenoxy) is 2. The maximum absolute atomic E-state index is 9.07. The van der Waals surface area contributed by atoms with Crippen molar-refractivity contribution in [2.45, 2.75) is 26.1 Å². The first-order valence-electron chi connectivity index (χ1n) is 4.29. The van der Waals surface area contributed by atoms with Gasteiger partial charge in [0.15, 0.2) is 6.29 Å². The highest BCUT2D eigenvalue weighted by Gasteiger charge is 2.02. The van der Waals surface area contributed by atoms with Crippen LogP contribution in [-0.2, 0) is 9.47 Å². The van der Waals surface area contributed by atoms with Crippen LogP contribution in [0.2, 0.25) is 0 Å². The maximum Gasteiger partial charge on any atom is 0.178 e. The average Bonchev–Trinajstić information content (AvgIpc) is 2.06. The molecule has 0 saturated carbocycles. The molecular weight excluding hydrogens is 176 g/mol. The lowest BCUT2D eigenvalue weighted by Crippen LogP contribution is -2.20. The van der Waals surface area contributed by atoms with E-state index in [0.29, 0.717) is 6.61 Å². The molecule has 0 aliphatic rings. The van der Waals surface area contributed by atoms with Gasteiger partial charge in [-0.3, -0.25) is 0 Å². The zero-order valence-corrected chi connectivity index (χ0v) is 8.03. The van der Waals surface area contributed by atoms with Crippen molar-refractivity contribution in [2.24, 2.45) is 0 Å². The first-order chi connectivity index (χ1) is 5.81. The Morgan fingerprint density at radius 3 is 2.54 bits per heavy atom. The minimum absolute atomic E-state index is 0. The van der Waals surface area contributed by atoms with Crippen LogP contribution in [0.5, 0.6) is 0 Å². The molecule has 0 aliphatic heterocycles. The highest BCUT2D eigenvalue weighted by atomic mass is 16.6. The first kappa shape index (κ1) is 15.3. The molecule has 0 aliphatic carbocycles. The van der Waals surface area contributed by atoms with E-state index in [1.54, 1.807) is 0 Å². The van der Waals surface area contributed by atoms with Gasteiger partial charge in [0.05, 0.1) is 19.8 Å². The third-order valence-corrected chi connectivity index (χ3v) is 1.30. The van der Waals surface area contributed by atoms with Gasteiger partial charge in [-0.2, -0.15) is 0 Å². The molecule has 0 amide bonds. The van der Waals surface area contributed by atoms with Gasteiger partial charge < -0.3 is 25.2 Å². The zero-order chi connectivity index (χ0) is 9.23. The maximum atomic E-state index is 9.07. The molecule has 0 aromatic rings. The van der Waals surface area contributed by atoms with Crippen LogP contribution >= 0.6 is 0 Å². The molecular formula is C8H20O5. The van der Waals surface area contributed by atoms with Crippen LogP contribution < -0.4 is 0 Å². The zero-order valence-electron chi connectivity index (χ0n) is 8.03. The van der Waals surface area contributed by atoms with Gasteiger partial charge in [0, 0.05) is 6.61 Å². The summed E-state index contributed by atoms with van der Waals surface area (Å²) in [5, 5.41) is 17.4. The Hall–Kier alpha value is -0.200. The second-order valence-electron chi connectivity index (χ2n) is 2.48. The average molecular weight is 196 g/mol. The largest absolute Gasteiger partial charge is 0.412 e. The molecule has 0 rings (SSSR count). The van der Waals surface area contributed by atoms with E-state index in [1.807, 2.05) is 0 Å². The van der Waals surface area contributed by atoms with Crippen molar-refractivity contribution in [3.05, 3.63) is 0 Å². The topological polar surface area (TPSA) is 90.4 Å². The van der Waals surface area contributed by atoms with Crippen LogP contribution in [0.4, 0.5) is 0 Å². The Labute approximate surface area is 78.6 Å². The van der Waals surface area contributed by atoms with Crippen LogP contribution in [-0.4, -0.2) is 48.4 Å². The monoisotopic (exact) mass is 196 g/mol. The van der Waals surface area contributed by atoms with Crippen molar-refractivity contribution >= 4 is 0 Å². The summed E-state index contributed by atoms with van der Waals surface area (Å²) >= 11 is 0. The molecule has 82 valence electrons. The number of unbranched alkanes of at least 4 members (excludes halogenated alkanes) is 1. The predicted octanol–water partition coefficient (Wildman–Crippen LogP) is -0.694. The minimum Gasteiger partial charge on any atom is -0.412 e. The highest BCUT2D eigenvalue weighted by molar-refractivity contribution is 4.39. The highest BCUT2D eigenvalue weighted by Crippen LogP contribution is 1.93. The molecule has 0 heterocycles. The molecule has 0 aromatic heterocycles. The SMILES string of the molecule is CCCCOC(O)COCCO.O. The Morgan fingerprint density at radius 2 is 2.00 bits per heavy atom. The summed E-state index contributed by atoms with van der Waals surface area (Å²) in [7, 11) is 0. The molecule has 4 N–H and O–H groups in total. The van der Waals surface area contributed by atoms with E-state index in [0.717, 1.165) is 12.8 Å². The predicted molar refractivity (Wildman–Crippen MR) is 48.4 cm³/mol. The van der Waals surface area contributed by atoms with Crippen molar-refractivity contribution in [1.82, 2.24) is 0 Å². The third kappa shape index (κ3) is 11.8. The van der Waals surface area contributed by atoms with Gasteiger partial charge in [0.2, 0.25) is 0 Å². The Bertz CT molecular complexity index is 78.6. The van der Waals surface area contributed by atoms with Gasteiger partial charge in [-0.1, -0.05) is 13.3 Å². The molecule has 0 fully saturated rings. The molecule has 0 spiro atoms. The standard InChI is InChI=1S/C8H18O4.H2O/c1-2-3-5-12-8(10)7-11-6-4-9;/h8-10H,2-7H2,1H3;1H2. The summed E-state index contributed by atoms with van der Waals surface area (Å²) in [5.41, 5.74) is 0. The van der Waals surface area contributed by atoms with Gasteiger partial charge in [0.1, 0.15) is 0 Å². The molecule has 0 bridgehead atoms. The molecule has 5 heteroatoms. The van der Waals surface area contributed by atoms with Crippen molar-refractivity contribution in [2.75, 3.05) is 26.4 Å². The number of aliphatic hydroxyl groups excluding tert-OH is 2. The minimum atomic E-state index is -0.858. The molecule has 1 unspecified atom stereocenters. The fourth-order valence-electron chi connectivity index (χ4n) is 0.661. The number of aliphatic hydroxyl groups is 2. The van der Waals surface area contributed by atoms with Crippen LogP contribution in [0.3, 0.4) is 0 Å². The fourth-order valence-corrected chi connectivity index (χ4v) is 0.661. The van der Waals surface area contributed by atoms with Gasteiger partial charge >= 0.3 is 0 Å². The van der Waals surface area contributed by atoms with Crippen LogP contribution in [0.1, 0.15) is 19.8 Å². The lowest BCUT2D eigenvalue weighted by molar-refractivity contribution is -0.139. The summed E-state index contributed by atoms with van der Waals surface area (Å²) in [6, 6.07) is 0. The first-order valence-corrected chi connectivity index (χ1v) is 4.29. The number of rotatable bonds is 8. The van der Waals surface area contributed by atoms with Crippen LogP contribution in [0.15, 0.2) is 0 Å². The molecule has 1 atom stereocenters. The van der Waals surface area contributed by atoms with E-state index >= 15 is 0 Å². The van der Waals surface area contributed by atoms with Gasteiger partial charge in [-0.05, 0) is 6.42 Å². The molecule has 0 saturated heterocycles. The van der Waals surface area contributed by atoms with E-state index < -0.39 is 6.29 Å². The summed E-state index contributed by atoms with van der Waals surface area (Å²) < 4.78 is 9.83. The van der Waals surface area contributed by atoms with Gasteiger partial charge in [-0.25, -0.2) is 0 Å². The molecule has 0 aromatic carbocycles. The van der Waals surface area contributed by atoms with Crippen molar-refractivity contribution in [3.63, 3.8) is 0 Å². The van der Waals surface area contributed by atoms with E-state index in [-0.39, 0.29) is 25.3 Å². The van der Waals surface area contributed by atoms with E-state index in [9.17, 15) is 0 Å². The smallest absolute Gasteiger partial charge is 0.178 e. The van der Waals surface area contributed by atoms with Crippen molar-refractivity contribution in [1.29, 1.82) is 0 Å². The summed E-state index contributed by atoms with van der Waals surface area (Å²) in [4.78, 5) is 0. The normalized spacial score (nSPS) is 12.2. The van der Waals surface area contributed by atoms with Crippen LogP contribution in [0, 0.1) is 0 Å². The summed E-state index contributed by atoms with van der Waals surface area (Å²) in [5.74, 6) is 0. The molecule has 5 nitrogen and oxygen atoms in total. The van der Waals surface area contributed by atoms with E-state index in [4.69, 9.17) is 19.7 Å². The summed E-state index contributed by atoms with van der Waals surface area (Å²) in [6.07, 6.45) is 1.13. The molecule has 0 radical (unpaired) electrons. The Kier molecular flexibility index (Phi) is 13.9. The molecule has 13 heavy (non-hydrogen) atoms. The number of hydrogen-bond acceptors (Lipinski definition) is 4. The second-order valence-corrected chi connectivity index (χ2v) is 2.48. The Morgan fingerprint density at radius 1 is 1.31 bits per heavy atom. The second kappa shape index (κ2) is 11.8. The van der Waals surface area contributed by atoms with E-state index in [2.05, 4.69) is 6.92 Å². The lowest BCUT2D eigenvalue weighted by atomic mass is 10.4. The fraction of sp³-hybridized carbons (Fsp3) is 1.00. The van der Waals surface area contributed by atoms with Gasteiger partial charge in [-0.15, -0.1) is 0 Å². The van der Waals surface area contributed by atoms with Crippen LogP contribution in [0.25, 0.3) is 0 Å². The third-order valence-electron chi connectivity index (χ3n) is 1.30. The Balaban J connectivity index is 0. The lowest BCUT2D eigenvalue weighted by Gasteiger charge is -2.11.